The summed E-state index contributed by atoms with van der Waals surface area (Å²) in [6.07, 6.45) is 4.67. The smallest absolute Gasteiger partial charge is 0.186 e. The third-order valence-electron chi connectivity index (χ3n) is 4.06. The van der Waals surface area contributed by atoms with Crippen LogP contribution in [0, 0.1) is 0 Å². The monoisotopic (exact) mass is 344 g/mol. The first-order chi connectivity index (χ1) is 12.6. The van der Waals surface area contributed by atoms with Gasteiger partial charge in [0.15, 0.2) is 5.78 Å². The van der Waals surface area contributed by atoms with Crippen molar-refractivity contribution in [2.24, 2.45) is 0 Å². The molecule has 0 bridgehead atoms. The minimum atomic E-state index is -0.141. The summed E-state index contributed by atoms with van der Waals surface area (Å²) >= 11 is 0. The lowest BCUT2D eigenvalue weighted by Crippen LogP contribution is -1.95. The molecule has 0 radical (unpaired) electrons. The highest BCUT2D eigenvalue weighted by Crippen LogP contribution is 2.26. The fourth-order valence-corrected chi connectivity index (χ4v) is 2.51. The Morgan fingerprint density at radius 3 is 2.00 bits per heavy atom. The second kappa shape index (κ2) is 7.57. The number of carbonyl (C=O) groups excluding carboxylic acids is 3. The van der Waals surface area contributed by atoms with Gasteiger partial charge in [0.2, 0.25) is 0 Å². The maximum Gasteiger partial charge on any atom is 0.186 e. The van der Waals surface area contributed by atoms with E-state index < -0.39 is 0 Å². The molecule has 2 aromatic carbocycles. The molecule has 0 atom stereocenters. The van der Waals surface area contributed by atoms with E-state index in [1.54, 1.807) is 48.7 Å². The minimum Gasteiger partial charge on any atom is -0.464 e. The third kappa shape index (κ3) is 3.75. The molecule has 4 nitrogen and oxygen atoms in total. The molecule has 26 heavy (non-hydrogen) atoms. The van der Waals surface area contributed by atoms with Crippen LogP contribution in [-0.2, 0) is 0 Å². The van der Waals surface area contributed by atoms with Gasteiger partial charge in [-0.05, 0) is 24.6 Å². The number of rotatable bonds is 6. The van der Waals surface area contributed by atoms with Gasteiger partial charge in [-0.2, -0.15) is 0 Å². The van der Waals surface area contributed by atoms with E-state index in [1.807, 2.05) is 25.1 Å². The Kier molecular flexibility index (Phi) is 5.04. The summed E-state index contributed by atoms with van der Waals surface area (Å²) in [7, 11) is 0. The average molecular weight is 344 g/mol. The zero-order valence-corrected chi connectivity index (χ0v) is 14.1. The Morgan fingerprint density at radius 2 is 1.42 bits per heavy atom. The van der Waals surface area contributed by atoms with E-state index >= 15 is 0 Å². The molecule has 0 spiro atoms. The summed E-state index contributed by atoms with van der Waals surface area (Å²) in [6, 6.07) is 15.4. The van der Waals surface area contributed by atoms with Crippen molar-refractivity contribution < 1.29 is 18.8 Å². The van der Waals surface area contributed by atoms with Crippen molar-refractivity contribution in [3.05, 3.63) is 89.2 Å². The van der Waals surface area contributed by atoms with E-state index in [-0.39, 0.29) is 5.78 Å². The normalized spacial score (nSPS) is 11.2. The molecule has 128 valence electrons. The number of ketones is 1. The fourth-order valence-electron chi connectivity index (χ4n) is 2.51. The van der Waals surface area contributed by atoms with Gasteiger partial charge in [0, 0.05) is 27.8 Å². The second-order valence-electron chi connectivity index (χ2n) is 5.87. The number of allylic oxidation sites excluding steroid dienone is 2. The molecule has 3 aromatic rings. The topological polar surface area (TPSA) is 64.3 Å². The van der Waals surface area contributed by atoms with Crippen molar-refractivity contribution >= 4 is 23.9 Å². The Labute approximate surface area is 150 Å². The number of benzene rings is 2. The summed E-state index contributed by atoms with van der Waals surface area (Å²) in [4.78, 5) is 33.8. The van der Waals surface area contributed by atoms with Crippen molar-refractivity contribution in [2.45, 2.75) is 6.92 Å². The van der Waals surface area contributed by atoms with Gasteiger partial charge in [-0.25, -0.2) is 0 Å². The standard InChI is InChI=1S/C22H16O4/c1-15(10-21(25)18-6-2-16(12-23)3-7-18)20-11-22(26-14-20)19-8-4-17(13-24)5-9-19/h2-14H,1H3/b15-10+. The van der Waals surface area contributed by atoms with Gasteiger partial charge in [-0.3, -0.25) is 14.4 Å². The van der Waals surface area contributed by atoms with Gasteiger partial charge in [0.05, 0.1) is 6.26 Å². The molecular formula is C22H16O4. The van der Waals surface area contributed by atoms with Gasteiger partial charge in [-0.1, -0.05) is 48.5 Å². The van der Waals surface area contributed by atoms with Crippen LogP contribution in [0.1, 0.15) is 43.6 Å². The largest absolute Gasteiger partial charge is 0.464 e. The predicted octanol–water partition coefficient (Wildman–Crippen LogP) is 4.86. The van der Waals surface area contributed by atoms with Crippen LogP contribution in [-0.4, -0.2) is 18.4 Å². The molecular weight excluding hydrogens is 328 g/mol. The van der Waals surface area contributed by atoms with Gasteiger partial charge in [0.1, 0.15) is 18.3 Å². The van der Waals surface area contributed by atoms with Crippen molar-refractivity contribution in [3.8, 4) is 11.3 Å². The van der Waals surface area contributed by atoms with Crippen molar-refractivity contribution in [2.75, 3.05) is 0 Å². The molecule has 0 N–H and O–H groups in total. The zero-order chi connectivity index (χ0) is 18.5. The van der Waals surface area contributed by atoms with Crippen LogP contribution in [0.25, 0.3) is 16.9 Å². The van der Waals surface area contributed by atoms with Crippen LogP contribution in [0.5, 0.6) is 0 Å². The molecule has 4 heteroatoms. The quantitative estimate of drug-likeness (QED) is 0.364. The first kappa shape index (κ1) is 17.3. The molecule has 1 aromatic heterocycles. The van der Waals surface area contributed by atoms with E-state index in [9.17, 15) is 14.4 Å². The molecule has 0 fully saturated rings. The number of furan rings is 1. The van der Waals surface area contributed by atoms with Gasteiger partial charge in [0.25, 0.3) is 0 Å². The maximum absolute atomic E-state index is 12.3. The molecule has 0 aliphatic carbocycles. The van der Waals surface area contributed by atoms with Crippen LogP contribution in [0.4, 0.5) is 0 Å². The number of hydrogen-bond donors (Lipinski definition) is 0. The molecule has 0 aliphatic heterocycles. The highest BCUT2D eigenvalue weighted by atomic mass is 16.3. The average Bonchev–Trinajstić information content (AvgIpc) is 3.18. The SMILES string of the molecule is C/C(=C\C(=O)c1ccc(C=O)cc1)c1coc(-c2ccc(C=O)cc2)c1. The van der Waals surface area contributed by atoms with E-state index in [0.717, 1.165) is 29.3 Å². The summed E-state index contributed by atoms with van der Waals surface area (Å²) < 4.78 is 5.58. The molecule has 0 saturated carbocycles. The first-order valence-electron chi connectivity index (χ1n) is 8.03. The van der Waals surface area contributed by atoms with Crippen LogP contribution < -0.4 is 0 Å². The van der Waals surface area contributed by atoms with Crippen LogP contribution in [0.3, 0.4) is 0 Å². The minimum absolute atomic E-state index is 0.141. The molecule has 0 amide bonds. The first-order valence-corrected chi connectivity index (χ1v) is 8.03. The van der Waals surface area contributed by atoms with E-state index in [0.29, 0.717) is 22.5 Å². The van der Waals surface area contributed by atoms with E-state index in [1.165, 1.54) is 0 Å². The molecule has 0 unspecified atom stereocenters. The molecule has 0 aliphatic rings. The molecule has 3 rings (SSSR count). The van der Waals surface area contributed by atoms with Crippen LogP contribution in [0.15, 0.2) is 71.4 Å². The Balaban J connectivity index is 1.80. The van der Waals surface area contributed by atoms with Crippen LogP contribution in [0.2, 0.25) is 0 Å². The van der Waals surface area contributed by atoms with Crippen molar-refractivity contribution in [1.29, 1.82) is 0 Å². The zero-order valence-electron chi connectivity index (χ0n) is 14.1. The summed E-state index contributed by atoms with van der Waals surface area (Å²) in [6.45, 7) is 1.84. The Hall–Kier alpha value is -3.53. The number of hydrogen-bond acceptors (Lipinski definition) is 4. The van der Waals surface area contributed by atoms with Gasteiger partial charge < -0.3 is 4.42 Å². The maximum atomic E-state index is 12.3. The summed E-state index contributed by atoms with van der Waals surface area (Å²) in [5, 5.41) is 0. The Morgan fingerprint density at radius 1 is 0.846 bits per heavy atom. The predicted molar refractivity (Wildman–Crippen MR) is 99.3 cm³/mol. The number of carbonyl (C=O) groups is 3. The highest BCUT2D eigenvalue weighted by Gasteiger charge is 2.09. The van der Waals surface area contributed by atoms with Gasteiger partial charge >= 0.3 is 0 Å². The lowest BCUT2D eigenvalue weighted by atomic mass is 10.0. The van der Waals surface area contributed by atoms with E-state index in [4.69, 9.17) is 4.42 Å². The highest BCUT2D eigenvalue weighted by molar-refractivity contribution is 6.08. The summed E-state index contributed by atoms with van der Waals surface area (Å²) in [5.74, 6) is 0.519. The fraction of sp³-hybridized carbons (Fsp3) is 0.0455. The van der Waals surface area contributed by atoms with Crippen molar-refractivity contribution in [1.82, 2.24) is 0 Å². The second-order valence-corrected chi connectivity index (χ2v) is 5.87. The molecule has 1 heterocycles. The van der Waals surface area contributed by atoms with Gasteiger partial charge in [-0.15, -0.1) is 0 Å². The van der Waals surface area contributed by atoms with Crippen molar-refractivity contribution in [3.63, 3.8) is 0 Å². The third-order valence-corrected chi connectivity index (χ3v) is 4.06. The Bertz CT molecular complexity index is 974. The lowest BCUT2D eigenvalue weighted by Gasteiger charge is -1.99. The lowest BCUT2D eigenvalue weighted by molar-refractivity contribution is 0.104. The van der Waals surface area contributed by atoms with E-state index in [2.05, 4.69) is 0 Å². The molecule has 0 saturated heterocycles. The summed E-state index contributed by atoms with van der Waals surface area (Å²) in [5.41, 5.74) is 4.07. The van der Waals surface area contributed by atoms with Crippen LogP contribution >= 0.6 is 0 Å². The number of aldehydes is 2.